The van der Waals surface area contributed by atoms with Gasteiger partial charge in [-0.2, -0.15) is 5.26 Å². The smallest absolute Gasteiger partial charge is 0.265 e. The molecule has 0 aliphatic carbocycles. The highest BCUT2D eigenvalue weighted by atomic mass is 16.5. The van der Waals surface area contributed by atoms with Gasteiger partial charge in [-0.05, 0) is 68.7 Å². The third-order valence-electron chi connectivity index (χ3n) is 4.50. The number of anilines is 2. The summed E-state index contributed by atoms with van der Waals surface area (Å²) in [7, 11) is 0. The van der Waals surface area contributed by atoms with Gasteiger partial charge >= 0.3 is 0 Å². The molecule has 0 bridgehead atoms. The van der Waals surface area contributed by atoms with Gasteiger partial charge in [0, 0.05) is 24.5 Å². The molecule has 0 unspecified atom stereocenters. The number of piperidine rings is 1. The second-order valence-electron chi connectivity index (χ2n) is 6.48. The maximum Gasteiger partial charge on any atom is 0.265 e. The van der Waals surface area contributed by atoms with Crippen molar-refractivity contribution in [3.63, 3.8) is 0 Å². The van der Waals surface area contributed by atoms with Crippen LogP contribution in [0.2, 0.25) is 0 Å². The van der Waals surface area contributed by atoms with Gasteiger partial charge in [0.2, 0.25) is 0 Å². The lowest BCUT2D eigenvalue weighted by Crippen LogP contribution is -2.30. The summed E-state index contributed by atoms with van der Waals surface area (Å²) < 4.78 is 5.64. The van der Waals surface area contributed by atoms with Crippen LogP contribution in [0.25, 0.3) is 0 Å². The van der Waals surface area contributed by atoms with E-state index in [0.29, 0.717) is 11.3 Å². The van der Waals surface area contributed by atoms with Gasteiger partial charge in [-0.1, -0.05) is 6.07 Å². The summed E-state index contributed by atoms with van der Waals surface area (Å²) in [4.78, 5) is 14.7. The molecular weight excluding hydrogens is 326 g/mol. The number of benzene rings is 2. The summed E-state index contributed by atoms with van der Waals surface area (Å²) in [6.45, 7) is 3.88. The van der Waals surface area contributed by atoms with Crippen LogP contribution in [-0.4, -0.2) is 25.1 Å². The molecule has 134 valence electrons. The van der Waals surface area contributed by atoms with Crippen LogP contribution < -0.4 is 15.0 Å². The quantitative estimate of drug-likeness (QED) is 0.887. The average molecular weight is 349 g/mol. The molecule has 0 saturated carbocycles. The Hall–Kier alpha value is -3.00. The number of nitriles is 1. The molecule has 1 aliphatic rings. The molecule has 3 rings (SSSR count). The highest BCUT2D eigenvalue weighted by Crippen LogP contribution is 2.22. The Bertz CT molecular complexity index is 790. The fourth-order valence-corrected chi connectivity index (χ4v) is 3.05. The predicted octanol–water partition coefficient (Wildman–Crippen LogP) is 3.95. The Morgan fingerprint density at radius 3 is 2.58 bits per heavy atom. The Morgan fingerprint density at radius 2 is 1.88 bits per heavy atom. The van der Waals surface area contributed by atoms with Crippen LogP contribution in [0.5, 0.6) is 5.75 Å². The third-order valence-corrected chi connectivity index (χ3v) is 4.50. The molecule has 2 aromatic carbocycles. The first kappa shape index (κ1) is 17.8. The number of hydrogen-bond acceptors (Lipinski definition) is 4. The maximum atomic E-state index is 12.3. The van der Waals surface area contributed by atoms with Gasteiger partial charge in [-0.15, -0.1) is 0 Å². The number of nitrogens with one attached hydrogen (secondary N) is 1. The monoisotopic (exact) mass is 349 g/mol. The fraction of sp³-hybridized carbons (Fsp3) is 0.333. The Balaban J connectivity index is 1.57. The van der Waals surface area contributed by atoms with Crippen LogP contribution in [0.3, 0.4) is 0 Å². The van der Waals surface area contributed by atoms with Gasteiger partial charge in [0.1, 0.15) is 5.75 Å². The van der Waals surface area contributed by atoms with E-state index in [1.807, 2.05) is 24.3 Å². The van der Waals surface area contributed by atoms with Crippen LogP contribution in [0.4, 0.5) is 11.4 Å². The van der Waals surface area contributed by atoms with Crippen molar-refractivity contribution in [1.29, 1.82) is 5.26 Å². The van der Waals surface area contributed by atoms with E-state index in [0.717, 1.165) is 18.8 Å². The SMILES string of the molecule is C[C@H](Oc1cccc(C#N)c1)C(=O)Nc1ccc(N2CCCCC2)cc1. The highest BCUT2D eigenvalue weighted by Gasteiger charge is 2.16. The first-order chi connectivity index (χ1) is 12.7. The molecule has 2 aromatic rings. The van der Waals surface area contributed by atoms with Gasteiger partial charge in [0.15, 0.2) is 6.10 Å². The van der Waals surface area contributed by atoms with E-state index in [1.165, 1.54) is 24.9 Å². The standard InChI is InChI=1S/C21H23N3O2/c1-16(26-20-7-5-6-17(14-20)15-22)21(25)23-18-8-10-19(11-9-18)24-12-3-2-4-13-24/h5-11,14,16H,2-4,12-13H2,1H3,(H,23,25)/t16-/m0/s1. The third kappa shape index (κ3) is 4.54. The zero-order valence-electron chi connectivity index (χ0n) is 14.9. The predicted molar refractivity (Wildman–Crippen MR) is 102 cm³/mol. The van der Waals surface area contributed by atoms with Crippen molar-refractivity contribution in [2.24, 2.45) is 0 Å². The van der Waals surface area contributed by atoms with Crippen LogP contribution in [0.1, 0.15) is 31.7 Å². The molecule has 1 amide bonds. The van der Waals surface area contributed by atoms with Crippen molar-refractivity contribution in [2.75, 3.05) is 23.3 Å². The molecule has 5 heteroatoms. The number of rotatable bonds is 5. The van der Waals surface area contributed by atoms with Crippen LogP contribution in [0.15, 0.2) is 48.5 Å². The van der Waals surface area contributed by atoms with E-state index in [2.05, 4.69) is 16.3 Å². The summed E-state index contributed by atoms with van der Waals surface area (Å²) in [5, 5.41) is 11.8. The molecule has 1 saturated heterocycles. The number of amides is 1. The number of ether oxygens (including phenoxy) is 1. The first-order valence-corrected chi connectivity index (χ1v) is 8.98. The topological polar surface area (TPSA) is 65.4 Å². The van der Waals surface area contributed by atoms with Gasteiger partial charge in [-0.3, -0.25) is 4.79 Å². The molecule has 0 radical (unpaired) electrons. The van der Waals surface area contributed by atoms with Crippen LogP contribution in [0, 0.1) is 11.3 Å². The summed E-state index contributed by atoms with van der Waals surface area (Å²) in [5.74, 6) is 0.283. The lowest BCUT2D eigenvalue weighted by molar-refractivity contribution is -0.122. The summed E-state index contributed by atoms with van der Waals surface area (Å²) in [5.41, 5.74) is 2.45. The Kier molecular flexibility index (Phi) is 5.75. The zero-order chi connectivity index (χ0) is 18.4. The molecule has 1 fully saturated rings. The molecule has 1 atom stereocenters. The average Bonchev–Trinajstić information content (AvgIpc) is 2.69. The molecule has 0 spiro atoms. The van der Waals surface area contributed by atoms with E-state index in [-0.39, 0.29) is 5.91 Å². The van der Waals surface area contributed by atoms with Gasteiger partial charge < -0.3 is 15.0 Å². The summed E-state index contributed by atoms with van der Waals surface area (Å²) in [6.07, 6.45) is 3.12. The minimum atomic E-state index is -0.661. The van der Waals surface area contributed by atoms with Crippen molar-refractivity contribution >= 4 is 17.3 Å². The first-order valence-electron chi connectivity index (χ1n) is 8.98. The van der Waals surface area contributed by atoms with E-state index in [4.69, 9.17) is 10.00 Å². The molecular formula is C21H23N3O2. The van der Waals surface area contributed by atoms with E-state index in [1.54, 1.807) is 31.2 Å². The van der Waals surface area contributed by atoms with Crippen LogP contribution >= 0.6 is 0 Å². The molecule has 1 aliphatic heterocycles. The number of carbonyl (C=O) groups is 1. The molecule has 0 aromatic heterocycles. The minimum Gasteiger partial charge on any atom is -0.481 e. The molecule has 1 N–H and O–H groups in total. The minimum absolute atomic E-state index is 0.224. The van der Waals surface area contributed by atoms with Gasteiger partial charge in [-0.25, -0.2) is 0 Å². The van der Waals surface area contributed by atoms with Crippen molar-refractivity contribution < 1.29 is 9.53 Å². The maximum absolute atomic E-state index is 12.3. The second-order valence-corrected chi connectivity index (χ2v) is 6.48. The number of hydrogen-bond donors (Lipinski definition) is 1. The van der Waals surface area contributed by atoms with Gasteiger partial charge in [0.05, 0.1) is 11.6 Å². The van der Waals surface area contributed by atoms with E-state index >= 15 is 0 Å². The number of carbonyl (C=O) groups excluding carboxylic acids is 1. The summed E-state index contributed by atoms with van der Waals surface area (Å²) in [6, 6.07) is 16.8. The Labute approximate surface area is 154 Å². The van der Waals surface area contributed by atoms with E-state index < -0.39 is 6.10 Å². The largest absolute Gasteiger partial charge is 0.481 e. The van der Waals surface area contributed by atoms with Gasteiger partial charge in [0.25, 0.3) is 5.91 Å². The fourth-order valence-electron chi connectivity index (χ4n) is 3.05. The highest BCUT2D eigenvalue weighted by molar-refractivity contribution is 5.94. The molecule has 1 heterocycles. The van der Waals surface area contributed by atoms with Crippen molar-refractivity contribution in [2.45, 2.75) is 32.3 Å². The van der Waals surface area contributed by atoms with Crippen LogP contribution in [-0.2, 0) is 4.79 Å². The molecule has 5 nitrogen and oxygen atoms in total. The normalized spacial score (nSPS) is 15.0. The lowest BCUT2D eigenvalue weighted by atomic mass is 10.1. The Morgan fingerprint density at radius 1 is 1.15 bits per heavy atom. The van der Waals surface area contributed by atoms with Crippen molar-refractivity contribution in [3.8, 4) is 11.8 Å². The number of nitrogens with zero attached hydrogens (tertiary/aromatic N) is 2. The second kappa shape index (κ2) is 8.39. The van der Waals surface area contributed by atoms with Crippen molar-refractivity contribution in [1.82, 2.24) is 0 Å². The molecule has 26 heavy (non-hydrogen) atoms. The lowest BCUT2D eigenvalue weighted by Gasteiger charge is -2.28. The van der Waals surface area contributed by atoms with Crippen molar-refractivity contribution in [3.05, 3.63) is 54.1 Å². The van der Waals surface area contributed by atoms with E-state index in [9.17, 15) is 4.79 Å². The summed E-state index contributed by atoms with van der Waals surface area (Å²) >= 11 is 0. The zero-order valence-corrected chi connectivity index (χ0v) is 14.9.